The topological polar surface area (TPSA) is 55.3 Å². The van der Waals surface area contributed by atoms with Crippen molar-refractivity contribution in [3.8, 4) is 44.5 Å². The fraction of sp³-hybridized carbons (Fsp3) is 0.0238. The van der Waals surface area contributed by atoms with Gasteiger partial charge in [0, 0.05) is 97.1 Å². The molecule has 0 atom stereocenters. The molecule has 0 unspecified atom stereocenters. The lowest BCUT2D eigenvalue weighted by molar-refractivity contribution is 0.669. The Morgan fingerprint density at radius 3 is 1.34 bits per heavy atom. The van der Waals surface area contributed by atoms with Gasteiger partial charge in [0.15, 0.2) is 0 Å². The van der Waals surface area contributed by atoms with Crippen molar-refractivity contribution in [3.63, 3.8) is 0 Å². The van der Waals surface area contributed by atoms with Gasteiger partial charge in [-0.1, -0.05) is 254 Å². The van der Waals surface area contributed by atoms with Gasteiger partial charge in [-0.15, -0.1) is 22.7 Å². The number of halogens is 1. The Bertz CT molecular complexity index is 5620. The average Bonchev–Trinajstić information content (AvgIpc) is 1.62. The molecule has 13 aromatic carbocycles. The highest BCUT2D eigenvalue weighted by molar-refractivity contribution is 9.10. The van der Waals surface area contributed by atoms with Crippen LogP contribution in [0.15, 0.2) is 329 Å². The molecule has 0 amide bonds. The molecular weight excluding hydrogens is 1230 g/mol. The van der Waals surface area contributed by atoms with E-state index in [1.165, 1.54) is 68.8 Å². The van der Waals surface area contributed by atoms with Gasteiger partial charge in [0.2, 0.25) is 0 Å². The fourth-order valence-corrected chi connectivity index (χ4v) is 14.7. The molecule has 440 valence electrons. The fourth-order valence-electron chi connectivity index (χ4n) is 12.4. The molecular formula is C84H58BrN3O2S2. The summed E-state index contributed by atoms with van der Waals surface area (Å²) >= 11 is 7.07. The summed E-state index contributed by atoms with van der Waals surface area (Å²) in [4.78, 5) is 11.8. The first-order valence-electron chi connectivity index (χ1n) is 30.3. The van der Waals surface area contributed by atoms with Gasteiger partial charge in [-0.25, -0.2) is 9.97 Å². The van der Waals surface area contributed by atoms with E-state index >= 15 is 0 Å². The molecule has 0 aliphatic rings. The molecule has 92 heavy (non-hydrogen) atoms. The normalized spacial score (nSPS) is 11.3. The summed E-state index contributed by atoms with van der Waals surface area (Å²) in [6, 6.07) is 109. The lowest BCUT2D eigenvalue weighted by Crippen LogP contribution is -2.09. The Morgan fingerprint density at radius 2 is 0.761 bits per heavy atom. The monoisotopic (exact) mass is 1280 g/mol. The van der Waals surface area contributed by atoms with Gasteiger partial charge in [0.05, 0.1) is 10.2 Å². The number of fused-ring (bicyclic) bond motifs is 12. The molecule has 0 saturated heterocycles. The van der Waals surface area contributed by atoms with Crippen molar-refractivity contribution in [2.24, 2.45) is 0 Å². The van der Waals surface area contributed by atoms with Crippen molar-refractivity contribution in [2.45, 2.75) is 13.8 Å². The number of hydrogen-bond acceptors (Lipinski definition) is 7. The number of benzene rings is 13. The van der Waals surface area contributed by atoms with Crippen LogP contribution < -0.4 is 4.90 Å². The minimum atomic E-state index is 0. The van der Waals surface area contributed by atoms with Crippen LogP contribution in [-0.4, -0.2) is 9.97 Å². The molecule has 0 N–H and O–H groups in total. The number of hydrogen-bond donors (Lipinski definition) is 0. The first kappa shape index (κ1) is 57.7. The maximum absolute atomic E-state index is 6.36. The van der Waals surface area contributed by atoms with E-state index in [4.69, 9.17) is 13.8 Å². The molecule has 5 aromatic heterocycles. The summed E-state index contributed by atoms with van der Waals surface area (Å²) in [5.74, 6) is 0.869. The van der Waals surface area contributed by atoms with E-state index in [9.17, 15) is 0 Å². The van der Waals surface area contributed by atoms with Crippen LogP contribution in [0.2, 0.25) is 0 Å². The van der Waals surface area contributed by atoms with Crippen molar-refractivity contribution >= 4 is 140 Å². The van der Waals surface area contributed by atoms with E-state index in [-0.39, 0.29) is 7.43 Å². The second-order valence-corrected chi connectivity index (χ2v) is 25.6. The molecule has 18 aromatic rings. The van der Waals surface area contributed by atoms with Gasteiger partial charge in [-0.05, 0) is 118 Å². The van der Waals surface area contributed by atoms with Crippen LogP contribution in [0, 0.1) is 0 Å². The van der Waals surface area contributed by atoms with E-state index in [2.05, 4.69) is 299 Å². The number of aromatic nitrogens is 2. The lowest BCUT2D eigenvalue weighted by Gasteiger charge is -2.26. The van der Waals surface area contributed by atoms with E-state index in [1.54, 1.807) is 11.3 Å². The van der Waals surface area contributed by atoms with Crippen LogP contribution in [-0.2, 0) is 6.42 Å². The summed E-state index contributed by atoms with van der Waals surface area (Å²) in [5.41, 5.74) is 18.8. The molecule has 0 radical (unpaired) electrons. The SMILES string of the molecule is Brc1ccc(-c2cccc3c2oc2ccccc23)cc1.C.c1ccc(-c2ccc(Cc3ncc4sc5ccccc5c4n3)cc2)cc1.c1ccc(-c2ccc(N(c3ccc(-c4cccc5c4oc4ccccc45)cc3)c3ccc4sc5ccccc5c4c3)cc2)cc1. The van der Waals surface area contributed by atoms with E-state index in [1.807, 2.05) is 53.9 Å². The van der Waals surface area contributed by atoms with Crippen LogP contribution in [0.3, 0.4) is 0 Å². The Hall–Kier alpha value is -10.7. The molecule has 0 spiro atoms. The van der Waals surface area contributed by atoms with E-state index in [0.29, 0.717) is 0 Å². The Kier molecular flexibility index (Phi) is 15.8. The smallest absolute Gasteiger partial charge is 0.143 e. The zero-order chi connectivity index (χ0) is 60.6. The van der Waals surface area contributed by atoms with E-state index < -0.39 is 0 Å². The summed E-state index contributed by atoms with van der Waals surface area (Å²) in [6.07, 6.45) is 2.70. The third kappa shape index (κ3) is 11.3. The van der Waals surface area contributed by atoms with Gasteiger partial charge < -0.3 is 13.7 Å². The highest BCUT2D eigenvalue weighted by Crippen LogP contribution is 2.43. The van der Waals surface area contributed by atoms with Crippen LogP contribution >= 0.6 is 38.6 Å². The standard InChI is InChI=1S/C42H27NOS.C23H16N2S.C18H11BrO.CH4/c1-2-9-28(10-3-1)29-17-21-31(22-18-29)43(33-25-26-41-38(27-33)36-12-5-7-16-40(36)45-41)32-23-19-30(20-24-32)34-13-8-14-37-35-11-4-6-15-39(35)44-42(34)37;1-2-6-17(7-3-1)18-12-10-16(11-13-18)14-22-24-15-21-23(25-22)19-8-4-5-9-20(19)26-21;19-13-10-8-12(9-11-13)14-5-3-6-16-15-4-1-2-7-17(15)20-18(14)16;/h1-27H;1-13,15H,14H2;1-11H;1H4. The Labute approximate surface area is 549 Å². The summed E-state index contributed by atoms with van der Waals surface area (Å²) in [6.45, 7) is 0. The Balaban J connectivity index is 0.000000126. The highest BCUT2D eigenvalue weighted by atomic mass is 79.9. The minimum Gasteiger partial charge on any atom is -0.455 e. The second kappa shape index (κ2) is 25.3. The molecule has 18 rings (SSSR count). The second-order valence-electron chi connectivity index (χ2n) is 22.5. The van der Waals surface area contributed by atoms with Crippen LogP contribution in [0.25, 0.3) is 129 Å². The maximum Gasteiger partial charge on any atom is 0.143 e. The molecule has 0 aliphatic heterocycles. The van der Waals surface area contributed by atoms with Crippen LogP contribution in [0.5, 0.6) is 0 Å². The molecule has 0 bridgehead atoms. The van der Waals surface area contributed by atoms with Crippen LogP contribution in [0.1, 0.15) is 18.8 Å². The third-order valence-electron chi connectivity index (χ3n) is 16.8. The van der Waals surface area contributed by atoms with Gasteiger partial charge >= 0.3 is 0 Å². The largest absolute Gasteiger partial charge is 0.455 e. The zero-order valence-corrected chi connectivity index (χ0v) is 52.3. The third-order valence-corrected chi connectivity index (χ3v) is 19.6. The van der Waals surface area contributed by atoms with Crippen molar-refractivity contribution in [2.75, 3.05) is 4.90 Å². The number of para-hydroxylation sites is 4. The predicted molar refractivity (Wildman–Crippen MR) is 395 cm³/mol. The molecule has 0 saturated carbocycles. The molecule has 5 nitrogen and oxygen atoms in total. The van der Waals surface area contributed by atoms with E-state index in [0.717, 1.165) is 99.4 Å². The predicted octanol–water partition coefficient (Wildman–Crippen LogP) is 25.5. The van der Waals surface area contributed by atoms with Gasteiger partial charge in [0.25, 0.3) is 0 Å². The number of thiophene rings is 2. The number of furan rings is 2. The average molecular weight is 1290 g/mol. The first-order chi connectivity index (χ1) is 45.0. The van der Waals surface area contributed by atoms with Crippen molar-refractivity contribution in [1.29, 1.82) is 0 Å². The number of rotatable bonds is 9. The highest BCUT2D eigenvalue weighted by Gasteiger charge is 2.18. The van der Waals surface area contributed by atoms with Crippen molar-refractivity contribution in [1.82, 2.24) is 9.97 Å². The Morgan fingerprint density at radius 1 is 0.337 bits per heavy atom. The summed E-state index contributed by atoms with van der Waals surface area (Å²) in [5, 5.41) is 8.43. The molecule has 0 fully saturated rings. The zero-order valence-electron chi connectivity index (χ0n) is 49.1. The van der Waals surface area contributed by atoms with Gasteiger partial charge in [-0.3, -0.25) is 0 Å². The maximum atomic E-state index is 6.36. The van der Waals surface area contributed by atoms with Crippen molar-refractivity contribution < 1.29 is 8.83 Å². The minimum absolute atomic E-state index is 0. The van der Waals surface area contributed by atoms with Crippen LogP contribution in [0.4, 0.5) is 17.1 Å². The quantitative estimate of drug-likeness (QED) is 0.144. The molecule has 5 heterocycles. The first-order valence-corrected chi connectivity index (χ1v) is 32.7. The summed E-state index contributed by atoms with van der Waals surface area (Å²) in [7, 11) is 0. The van der Waals surface area contributed by atoms with Crippen molar-refractivity contribution in [3.05, 3.63) is 331 Å². The molecule has 0 aliphatic carbocycles. The lowest BCUT2D eigenvalue weighted by atomic mass is 10.0. The van der Waals surface area contributed by atoms with Gasteiger partial charge in [-0.2, -0.15) is 0 Å². The number of nitrogens with zero attached hydrogens (tertiary/aromatic N) is 3. The summed E-state index contributed by atoms with van der Waals surface area (Å²) < 4.78 is 18.5. The number of anilines is 3. The molecule has 8 heteroatoms. The van der Waals surface area contributed by atoms with Gasteiger partial charge in [0.1, 0.15) is 28.2 Å².